The highest BCUT2D eigenvalue weighted by Gasteiger charge is 2.39. The Kier molecular flexibility index (Phi) is 5.61. The molecule has 20 heavy (non-hydrogen) atoms. The Bertz CT molecular complexity index is 435. The molecule has 0 bridgehead atoms. The number of carbonyl (C=O) groups excluding carboxylic acids is 1. The van der Waals surface area contributed by atoms with Crippen LogP contribution in [0.15, 0.2) is 0 Å². The average Bonchev–Trinajstić information content (AvgIpc) is 2.61. The van der Waals surface area contributed by atoms with E-state index in [4.69, 9.17) is 5.73 Å². The van der Waals surface area contributed by atoms with Crippen molar-refractivity contribution in [1.29, 1.82) is 0 Å². The van der Waals surface area contributed by atoms with E-state index in [-0.39, 0.29) is 12.5 Å². The zero-order chi connectivity index (χ0) is 15.4. The van der Waals surface area contributed by atoms with Crippen LogP contribution < -0.4 is 11.1 Å². The molecular formula is C14H28N2O3S. The first kappa shape index (κ1) is 17.4. The fourth-order valence-electron chi connectivity index (χ4n) is 2.54. The van der Waals surface area contributed by atoms with Crippen molar-refractivity contribution in [3.8, 4) is 0 Å². The maximum absolute atomic E-state index is 12.5. The maximum Gasteiger partial charge on any atom is 0.227 e. The van der Waals surface area contributed by atoms with Crippen molar-refractivity contribution in [2.24, 2.45) is 11.1 Å². The fourth-order valence-corrected chi connectivity index (χ4v) is 2.88. The first-order valence-corrected chi connectivity index (χ1v) is 9.22. The molecule has 0 atom stereocenters. The first-order valence-electron chi connectivity index (χ1n) is 7.33. The number of nitrogens with two attached hydrogens (primary N) is 1. The second kappa shape index (κ2) is 6.43. The van der Waals surface area contributed by atoms with E-state index in [9.17, 15) is 13.2 Å². The van der Waals surface area contributed by atoms with E-state index in [0.717, 1.165) is 38.5 Å². The van der Waals surface area contributed by atoms with Gasteiger partial charge in [0.05, 0.1) is 10.2 Å². The highest BCUT2D eigenvalue weighted by molar-refractivity contribution is 7.92. The van der Waals surface area contributed by atoms with Gasteiger partial charge in [0.15, 0.2) is 9.84 Å². The second-order valence-electron chi connectivity index (χ2n) is 6.61. The summed E-state index contributed by atoms with van der Waals surface area (Å²) < 4.78 is 22.4. The predicted molar refractivity (Wildman–Crippen MR) is 81.1 cm³/mol. The average molecular weight is 304 g/mol. The number of rotatable bonds is 5. The number of sulfone groups is 1. The minimum Gasteiger partial charge on any atom is -0.354 e. The van der Waals surface area contributed by atoms with E-state index in [1.165, 1.54) is 6.26 Å². The lowest BCUT2D eigenvalue weighted by molar-refractivity contribution is -0.131. The molecule has 0 heterocycles. The molecule has 0 aromatic heterocycles. The van der Waals surface area contributed by atoms with Gasteiger partial charge in [-0.1, -0.05) is 25.7 Å². The molecular weight excluding hydrogens is 276 g/mol. The highest BCUT2D eigenvalue weighted by atomic mass is 32.2. The number of amides is 1. The summed E-state index contributed by atoms with van der Waals surface area (Å²) in [5.41, 5.74) is 5.34. The van der Waals surface area contributed by atoms with Crippen molar-refractivity contribution >= 4 is 15.7 Å². The van der Waals surface area contributed by atoms with Gasteiger partial charge in [-0.05, 0) is 26.7 Å². The lowest BCUT2D eigenvalue weighted by Crippen LogP contribution is -2.51. The Labute approximate surface area is 122 Å². The molecule has 0 saturated heterocycles. The van der Waals surface area contributed by atoms with Gasteiger partial charge in [0.1, 0.15) is 0 Å². The van der Waals surface area contributed by atoms with Crippen LogP contribution in [0.3, 0.4) is 0 Å². The Balaban J connectivity index is 2.73. The maximum atomic E-state index is 12.5. The van der Waals surface area contributed by atoms with Crippen molar-refractivity contribution in [1.82, 2.24) is 5.32 Å². The summed E-state index contributed by atoms with van der Waals surface area (Å²) in [6, 6.07) is 0. The third-order valence-electron chi connectivity index (χ3n) is 4.61. The summed E-state index contributed by atoms with van der Waals surface area (Å²) >= 11 is 0. The minimum absolute atomic E-state index is 0.0846. The molecule has 0 aromatic carbocycles. The van der Waals surface area contributed by atoms with Crippen LogP contribution in [0.2, 0.25) is 0 Å². The molecule has 1 saturated carbocycles. The van der Waals surface area contributed by atoms with E-state index < -0.39 is 20.0 Å². The lowest BCUT2D eigenvalue weighted by atomic mass is 9.79. The Hall–Kier alpha value is -0.620. The third-order valence-corrected chi connectivity index (χ3v) is 6.76. The molecule has 0 radical (unpaired) electrons. The van der Waals surface area contributed by atoms with Crippen LogP contribution in [-0.4, -0.2) is 38.4 Å². The van der Waals surface area contributed by atoms with Gasteiger partial charge in [-0.15, -0.1) is 0 Å². The molecule has 1 rings (SSSR count). The normalized spacial score (nSPS) is 20.2. The Morgan fingerprint density at radius 3 is 2.10 bits per heavy atom. The van der Waals surface area contributed by atoms with Crippen molar-refractivity contribution in [2.45, 2.75) is 57.1 Å². The van der Waals surface area contributed by atoms with Crippen LogP contribution in [0.4, 0.5) is 0 Å². The zero-order valence-electron chi connectivity index (χ0n) is 12.9. The standard InChI is InChI=1S/C14H28N2O3S/c1-13(2,20(3,18)19)11-16-12(17)14(10-15)8-6-4-5-7-9-14/h4-11,15H2,1-3H3,(H,16,17). The van der Waals surface area contributed by atoms with Gasteiger partial charge in [0.2, 0.25) is 5.91 Å². The summed E-state index contributed by atoms with van der Waals surface area (Å²) in [6.07, 6.45) is 7.11. The van der Waals surface area contributed by atoms with Crippen molar-refractivity contribution in [3.05, 3.63) is 0 Å². The summed E-state index contributed by atoms with van der Waals surface area (Å²) in [5, 5.41) is 2.82. The van der Waals surface area contributed by atoms with Gasteiger partial charge in [-0.25, -0.2) is 8.42 Å². The fraction of sp³-hybridized carbons (Fsp3) is 0.929. The minimum atomic E-state index is -3.21. The summed E-state index contributed by atoms with van der Waals surface area (Å²) in [4.78, 5) is 12.5. The second-order valence-corrected chi connectivity index (χ2v) is 9.26. The number of hydrogen-bond donors (Lipinski definition) is 2. The number of hydrogen-bond acceptors (Lipinski definition) is 4. The molecule has 1 aliphatic carbocycles. The number of carbonyl (C=O) groups is 1. The van der Waals surface area contributed by atoms with Crippen molar-refractivity contribution in [3.63, 3.8) is 0 Å². The third kappa shape index (κ3) is 3.95. The molecule has 5 nitrogen and oxygen atoms in total. The first-order chi connectivity index (χ1) is 9.15. The SMILES string of the molecule is CC(C)(CNC(=O)C1(CN)CCCCCC1)S(C)(=O)=O. The molecule has 118 valence electrons. The zero-order valence-corrected chi connectivity index (χ0v) is 13.7. The molecule has 6 heteroatoms. The van der Waals surface area contributed by atoms with Gasteiger partial charge >= 0.3 is 0 Å². The highest BCUT2D eigenvalue weighted by Crippen LogP contribution is 2.34. The molecule has 0 aliphatic heterocycles. The number of nitrogens with one attached hydrogen (secondary N) is 1. The van der Waals surface area contributed by atoms with E-state index in [1.807, 2.05) is 0 Å². The monoisotopic (exact) mass is 304 g/mol. The van der Waals surface area contributed by atoms with E-state index >= 15 is 0 Å². The van der Waals surface area contributed by atoms with Crippen molar-refractivity contribution in [2.75, 3.05) is 19.3 Å². The molecule has 3 N–H and O–H groups in total. The predicted octanol–water partition coefficient (Wildman–Crippen LogP) is 1.23. The van der Waals surface area contributed by atoms with Crippen LogP contribution in [-0.2, 0) is 14.6 Å². The Morgan fingerprint density at radius 2 is 1.70 bits per heavy atom. The van der Waals surface area contributed by atoms with Gasteiger partial charge in [0, 0.05) is 19.3 Å². The molecule has 1 fully saturated rings. The molecule has 0 aromatic rings. The molecule has 0 unspecified atom stereocenters. The quantitative estimate of drug-likeness (QED) is 0.748. The molecule has 0 spiro atoms. The van der Waals surface area contributed by atoms with Gasteiger partial charge < -0.3 is 11.1 Å². The van der Waals surface area contributed by atoms with Crippen LogP contribution in [0.5, 0.6) is 0 Å². The van der Waals surface area contributed by atoms with Gasteiger partial charge in [-0.3, -0.25) is 4.79 Å². The summed E-state index contributed by atoms with van der Waals surface area (Å²) in [5.74, 6) is -0.0846. The lowest BCUT2D eigenvalue weighted by Gasteiger charge is -2.32. The van der Waals surface area contributed by atoms with Crippen LogP contribution in [0, 0.1) is 5.41 Å². The van der Waals surface area contributed by atoms with Gasteiger partial charge in [-0.2, -0.15) is 0 Å². The van der Waals surface area contributed by atoms with E-state index in [1.54, 1.807) is 13.8 Å². The van der Waals surface area contributed by atoms with Gasteiger partial charge in [0.25, 0.3) is 0 Å². The summed E-state index contributed by atoms with van der Waals surface area (Å²) in [6.45, 7) is 3.72. The Morgan fingerprint density at radius 1 is 1.20 bits per heavy atom. The largest absolute Gasteiger partial charge is 0.354 e. The van der Waals surface area contributed by atoms with Crippen LogP contribution >= 0.6 is 0 Å². The summed E-state index contributed by atoms with van der Waals surface area (Å²) in [7, 11) is -3.21. The topological polar surface area (TPSA) is 89.3 Å². The molecule has 1 aliphatic rings. The van der Waals surface area contributed by atoms with Crippen molar-refractivity contribution < 1.29 is 13.2 Å². The van der Waals surface area contributed by atoms with E-state index in [0.29, 0.717) is 6.54 Å². The van der Waals surface area contributed by atoms with E-state index in [2.05, 4.69) is 5.32 Å². The molecule has 1 amide bonds. The van der Waals surface area contributed by atoms with Crippen LogP contribution in [0.1, 0.15) is 52.4 Å². The van der Waals surface area contributed by atoms with Crippen LogP contribution in [0.25, 0.3) is 0 Å². The smallest absolute Gasteiger partial charge is 0.227 e.